The molecule has 1 fully saturated rings. The Bertz CT molecular complexity index is 1080. The number of ether oxygens (including phenoxy) is 1. The second-order valence-corrected chi connectivity index (χ2v) is 8.35. The molecule has 0 atom stereocenters. The minimum Gasteiger partial charge on any atom is -0.505 e. The average molecular weight is 426 g/mol. The van der Waals surface area contributed by atoms with Gasteiger partial charge in [-0.25, -0.2) is 4.39 Å². The number of phenols is 1. The van der Waals surface area contributed by atoms with Crippen LogP contribution < -0.4 is 4.74 Å². The summed E-state index contributed by atoms with van der Waals surface area (Å²) < 4.78 is 19.9. The summed E-state index contributed by atoms with van der Waals surface area (Å²) in [4.78, 5) is 16.2. The molecule has 1 aliphatic rings. The van der Waals surface area contributed by atoms with E-state index in [0.29, 0.717) is 37.4 Å². The van der Waals surface area contributed by atoms with Crippen molar-refractivity contribution in [3.8, 4) is 22.6 Å². The van der Waals surface area contributed by atoms with E-state index in [0.717, 1.165) is 29.4 Å². The van der Waals surface area contributed by atoms with Crippen molar-refractivity contribution >= 4 is 16.8 Å². The number of hydrogen-bond donors (Lipinski definition) is 2. The lowest BCUT2D eigenvalue weighted by Gasteiger charge is -2.39. The van der Waals surface area contributed by atoms with Crippen molar-refractivity contribution < 1.29 is 19.0 Å². The third-order valence-electron chi connectivity index (χ3n) is 5.58. The van der Waals surface area contributed by atoms with E-state index < -0.39 is 5.82 Å². The van der Waals surface area contributed by atoms with Crippen LogP contribution in [0.1, 0.15) is 12.8 Å². The molecule has 31 heavy (non-hydrogen) atoms. The number of nitrogens with one attached hydrogen (secondary N) is 1. The largest absolute Gasteiger partial charge is 0.505 e. The Kier molecular flexibility index (Phi) is 6.08. The first-order valence-electron chi connectivity index (χ1n) is 10.4. The van der Waals surface area contributed by atoms with Crippen molar-refractivity contribution in [3.05, 3.63) is 42.3 Å². The number of aromatic nitrogens is 2. The Morgan fingerprint density at radius 1 is 1.29 bits per heavy atom. The van der Waals surface area contributed by atoms with Gasteiger partial charge < -0.3 is 19.6 Å². The highest BCUT2D eigenvalue weighted by Gasteiger charge is 2.30. The number of carbonyl (C=O) groups excluding carboxylic acids is 1. The lowest BCUT2D eigenvalue weighted by Crippen LogP contribution is -2.52. The maximum absolute atomic E-state index is 13.8. The summed E-state index contributed by atoms with van der Waals surface area (Å²) in [5.41, 5.74) is 2.18. The van der Waals surface area contributed by atoms with Crippen LogP contribution in [0.3, 0.4) is 0 Å². The molecule has 0 radical (unpaired) electrons. The van der Waals surface area contributed by atoms with Gasteiger partial charge in [0, 0.05) is 25.4 Å². The number of aromatic hydroxyl groups is 1. The number of likely N-dealkylation sites (tertiary alicyclic amines) is 1. The predicted molar refractivity (Wildman–Crippen MR) is 117 cm³/mol. The summed E-state index contributed by atoms with van der Waals surface area (Å²) in [5.74, 6) is 0.0924. The SMILES string of the molecule is CN(C)CCCC(=O)N1CC(COc2cc(-c3ccc(O)c(F)c3)cc3[nH]ncc23)C1. The maximum atomic E-state index is 13.8. The minimum atomic E-state index is -0.672. The van der Waals surface area contributed by atoms with Crippen LogP contribution in [0.4, 0.5) is 4.39 Å². The van der Waals surface area contributed by atoms with Gasteiger partial charge in [0.1, 0.15) is 5.75 Å². The Hall–Kier alpha value is -3.13. The number of rotatable bonds is 8. The fraction of sp³-hybridized carbons (Fsp3) is 0.391. The summed E-state index contributed by atoms with van der Waals surface area (Å²) in [5, 5.41) is 17.3. The van der Waals surface area contributed by atoms with Crippen molar-refractivity contribution in [3.63, 3.8) is 0 Å². The van der Waals surface area contributed by atoms with Gasteiger partial charge in [-0.3, -0.25) is 9.89 Å². The van der Waals surface area contributed by atoms with E-state index >= 15 is 0 Å². The lowest BCUT2D eigenvalue weighted by atomic mass is 10.00. The Balaban J connectivity index is 1.39. The van der Waals surface area contributed by atoms with Crippen molar-refractivity contribution in [1.29, 1.82) is 0 Å². The van der Waals surface area contributed by atoms with Gasteiger partial charge in [-0.15, -0.1) is 0 Å². The standard InChI is InChI=1S/C23H27FN4O3/c1-27(2)7-3-4-23(30)28-12-15(13-28)14-31-22-10-17(9-20-18(22)11-25-26-20)16-5-6-21(29)19(24)8-16/h5-6,8-11,15,29H,3-4,7,12-14H2,1-2H3,(H,25,26). The molecule has 1 aromatic heterocycles. The number of hydrogen-bond acceptors (Lipinski definition) is 5. The van der Waals surface area contributed by atoms with Gasteiger partial charge in [0.15, 0.2) is 11.6 Å². The fourth-order valence-electron chi connectivity index (χ4n) is 3.78. The van der Waals surface area contributed by atoms with Crippen LogP contribution in [0.5, 0.6) is 11.5 Å². The van der Waals surface area contributed by atoms with Crippen LogP contribution in [0, 0.1) is 11.7 Å². The molecule has 3 aromatic rings. The molecule has 164 valence electrons. The zero-order chi connectivity index (χ0) is 22.0. The molecule has 1 saturated heterocycles. The van der Waals surface area contributed by atoms with E-state index in [2.05, 4.69) is 15.1 Å². The first-order valence-corrected chi connectivity index (χ1v) is 10.4. The number of halogens is 1. The monoisotopic (exact) mass is 426 g/mol. The van der Waals surface area contributed by atoms with Crippen molar-refractivity contribution in [1.82, 2.24) is 20.0 Å². The van der Waals surface area contributed by atoms with Crippen molar-refractivity contribution in [2.75, 3.05) is 40.3 Å². The van der Waals surface area contributed by atoms with E-state index in [1.165, 1.54) is 12.1 Å². The molecule has 2 heterocycles. The highest BCUT2D eigenvalue weighted by Crippen LogP contribution is 2.33. The Morgan fingerprint density at radius 2 is 2.10 bits per heavy atom. The zero-order valence-corrected chi connectivity index (χ0v) is 17.8. The minimum absolute atomic E-state index is 0.201. The van der Waals surface area contributed by atoms with Gasteiger partial charge in [0.05, 0.1) is 23.7 Å². The Morgan fingerprint density at radius 3 is 2.84 bits per heavy atom. The zero-order valence-electron chi connectivity index (χ0n) is 17.8. The van der Waals surface area contributed by atoms with E-state index in [1.807, 2.05) is 31.1 Å². The summed E-state index contributed by atoms with van der Waals surface area (Å²) >= 11 is 0. The molecule has 7 nitrogen and oxygen atoms in total. The van der Waals surface area contributed by atoms with Crippen molar-refractivity contribution in [2.45, 2.75) is 12.8 Å². The first-order chi connectivity index (χ1) is 14.9. The van der Waals surface area contributed by atoms with Crippen LogP contribution in [0.2, 0.25) is 0 Å². The smallest absolute Gasteiger partial charge is 0.222 e. The van der Waals surface area contributed by atoms with Crippen LogP contribution in [-0.2, 0) is 4.79 Å². The number of fused-ring (bicyclic) bond motifs is 1. The highest BCUT2D eigenvalue weighted by molar-refractivity contribution is 5.89. The molecule has 2 aromatic carbocycles. The van der Waals surface area contributed by atoms with Crippen LogP contribution >= 0.6 is 0 Å². The maximum Gasteiger partial charge on any atom is 0.222 e. The summed E-state index contributed by atoms with van der Waals surface area (Å²) in [7, 11) is 4.01. The lowest BCUT2D eigenvalue weighted by molar-refractivity contribution is -0.138. The molecule has 2 N–H and O–H groups in total. The highest BCUT2D eigenvalue weighted by atomic mass is 19.1. The molecule has 8 heteroatoms. The van der Waals surface area contributed by atoms with E-state index in [4.69, 9.17) is 4.74 Å². The van der Waals surface area contributed by atoms with E-state index in [-0.39, 0.29) is 17.6 Å². The van der Waals surface area contributed by atoms with Gasteiger partial charge in [-0.1, -0.05) is 6.07 Å². The van der Waals surface area contributed by atoms with E-state index in [9.17, 15) is 14.3 Å². The van der Waals surface area contributed by atoms with Gasteiger partial charge in [-0.05, 0) is 62.5 Å². The van der Waals surface area contributed by atoms with Gasteiger partial charge in [0.25, 0.3) is 0 Å². The third-order valence-corrected chi connectivity index (χ3v) is 5.58. The number of phenolic OH excluding ortho intramolecular Hbond substituents is 1. The fourth-order valence-corrected chi connectivity index (χ4v) is 3.78. The average Bonchev–Trinajstić information content (AvgIpc) is 3.17. The van der Waals surface area contributed by atoms with E-state index in [1.54, 1.807) is 12.3 Å². The number of H-pyrrole nitrogens is 1. The molecular formula is C23H27FN4O3. The third kappa shape index (κ3) is 4.80. The summed E-state index contributed by atoms with van der Waals surface area (Å²) in [6.07, 6.45) is 3.15. The molecule has 0 saturated carbocycles. The Labute approximate surface area is 180 Å². The van der Waals surface area contributed by atoms with Gasteiger partial charge >= 0.3 is 0 Å². The molecule has 1 aliphatic heterocycles. The molecular weight excluding hydrogens is 399 g/mol. The number of carbonyl (C=O) groups is 1. The second kappa shape index (κ2) is 8.93. The number of benzene rings is 2. The quantitative estimate of drug-likeness (QED) is 0.578. The molecule has 0 bridgehead atoms. The topological polar surface area (TPSA) is 81.7 Å². The van der Waals surface area contributed by atoms with Crippen LogP contribution in [0.25, 0.3) is 22.0 Å². The molecule has 0 unspecified atom stereocenters. The summed E-state index contributed by atoms with van der Waals surface area (Å²) in [6.45, 7) is 2.82. The summed E-state index contributed by atoms with van der Waals surface area (Å²) in [6, 6.07) is 8.01. The molecule has 1 amide bonds. The second-order valence-electron chi connectivity index (χ2n) is 8.35. The number of nitrogens with zero attached hydrogens (tertiary/aromatic N) is 3. The van der Waals surface area contributed by atoms with Crippen LogP contribution in [-0.4, -0.2) is 71.3 Å². The van der Waals surface area contributed by atoms with Gasteiger partial charge in [0.2, 0.25) is 5.91 Å². The normalized spacial score (nSPS) is 14.3. The number of aromatic amines is 1. The molecule has 4 rings (SSSR count). The predicted octanol–water partition coefficient (Wildman–Crippen LogP) is 3.25. The van der Waals surface area contributed by atoms with Gasteiger partial charge in [-0.2, -0.15) is 5.10 Å². The molecule has 0 aliphatic carbocycles. The molecule has 0 spiro atoms. The van der Waals surface area contributed by atoms with Crippen LogP contribution in [0.15, 0.2) is 36.5 Å². The van der Waals surface area contributed by atoms with Crippen molar-refractivity contribution in [2.24, 2.45) is 5.92 Å². The number of amides is 1. The first kappa shape index (κ1) is 21.1.